The van der Waals surface area contributed by atoms with Gasteiger partial charge in [0.2, 0.25) is 0 Å². The highest BCUT2D eigenvalue weighted by Gasteiger charge is 2.09. The molecule has 2 rings (SSSR count). The number of allylic oxidation sites excluding steroid dienone is 1. The van der Waals surface area contributed by atoms with Gasteiger partial charge in [0.05, 0.1) is 0 Å². The quantitative estimate of drug-likeness (QED) is 0.711. The second kappa shape index (κ2) is 3.19. The smallest absolute Gasteiger partial charge is 0.116 e. The number of hydrogen-bond acceptors (Lipinski definition) is 2. The van der Waals surface area contributed by atoms with Crippen LogP contribution in [0.1, 0.15) is 11.1 Å². The number of phenolic OH excluding ortho intramolecular Hbond substituents is 1. The van der Waals surface area contributed by atoms with Crippen molar-refractivity contribution in [3.8, 4) is 5.75 Å². The fraction of sp³-hybridized carbons (Fsp3) is 0.111. The van der Waals surface area contributed by atoms with Crippen molar-refractivity contribution in [3.63, 3.8) is 0 Å². The molecule has 3 heteroatoms. The van der Waals surface area contributed by atoms with Crippen LogP contribution >= 0.6 is 17.0 Å². The summed E-state index contributed by atoms with van der Waals surface area (Å²) in [6.07, 6.45) is 2.71. The number of benzene rings is 1. The Hall–Kier alpha value is -0.960. The molecule has 0 aliphatic heterocycles. The maximum absolute atomic E-state index is 9.11. The van der Waals surface area contributed by atoms with Crippen molar-refractivity contribution in [1.82, 2.24) is 0 Å². The van der Waals surface area contributed by atoms with Crippen LogP contribution in [0.25, 0.3) is 6.08 Å². The molecule has 0 unspecified atom stereocenters. The fourth-order valence-corrected chi connectivity index (χ4v) is 1.35. The van der Waals surface area contributed by atoms with Gasteiger partial charge < -0.3 is 10.8 Å². The minimum absolute atomic E-state index is 0. The number of fused-ring (bicyclic) bond motifs is 1. The third-order valence-corrected chi connectivity index (χ3v) is 1.86. The Morgan fingerprint density at radius 1 is 1.33 bits per heavy atom. The number of halogens is 1. The molecule has 2 nitrogen and oxygen atoms in total. The molecule has 1 aliphatic carbocycles. The van der Waals surface area contributed by atoms with Crippen LogP contribution in [0.4, 0.5) is 0 Å². The Morgan fingerprint density at radius 2 is 2.08 bits per heavy atom. The van der Waals surface area contributed by atoms with Gasteiger partial charge in [0.15, 0.2) is 0 Å². The van der Waals surface area contributed by atoms with Crippen LogP contribution in [0.3, 0.4) is 0 Å². The highest BCUT2D eigenvalue weighted by atomic mass is 79.9. The molecule has 1 aromatic rings. The highest BCUT2D eigenvalue weighted by molar-refractivity contribution is 8.93. The SMILES string of the molecule is Br.NC1=Cc2cc(O)ccc2C1. The van der Waals surface area contributed by atoms with E-state index in [0.717, 1.165) is 17.7 Å². The Morgan fingerprint density at radius 3 is 2.83 bits per heavy atom. The molecule has 0 spiro atoms. The van der Waals surface area contributed by atoms with E-state index in [0.29, 0.717) is 5.75 Å². The molecule has 64 valence electrons. The highest BCUT2D eigenvalue weighted by Crippen LogP contribution is 2.25. The Labute approximate surface area is 81.5 Å². The third kappa shape index (κ3) is 1.46. The molecule has 0 heterocycles. The first-order chi connectivity index (χ1) is 5.25. The monoisotopic (exact) mass is 227 g/mol. The summed E-state index contributed by atoms with van der Waals surface area (Å²) in [6.45, 7) is 0. The molecule has 1 aromatic carbocycles. The molecule has 0 aromatic heterocycles. The Balaban J connectivity index is 0.000000720. The van der Waals surface area contributed by atoms with Gasteiger partial charge in [-0.2, -0.15) is 0 Å². The summed E-state index contributed by atoms with van der Waals surface area (Å²) < 4.78 is 0. The lowest BCUT2D eigenvalue weighted by Crippen LogP contribution is -1.94. The number of phenols is 1. The van der Waals surface area contributed by atoms with Crippen molar-refractivity contribution in [1.29, 1.82) is 0 Å². The zero-order valence-corrected chi connectivity index (χ0v) is 8.16. The standard InChI is InChI=1S/C9H9NO.BrH/c10-8-3-6-1-2-9(11)5-7(6)4-8;/h1-2,4-5,11H,3,10H2;1H. The molecule has 1 aliphatic rings. The number of aromatic hydroxyl groups is 1. The maximum atomic E-state index is 9.11. The molecule has 0 radical (unpaired) electrons. The lowest BCUT2D eigenvalue weighted by molar-refractivity contribution is 0.475. The van der Waals surface area contributed by atoms with E-state index in [1.54, 1.807) is 12.1 Å². The van der Waals surface area contributed by atoms with Gasteiger partial charge in [-0.25, -0.2) is 0 Å². The summed E-state index contributed by atoms with van der Waals surface area (Å²) in [5, 5.41) is 9.11. The van der Waals surface area contributed by atoms with Gasteiger partial charge in [0.25, 0.3) is 0 Å². The Kier molecular flexibility index (Phi) is 2.43. The van der Waals surface area contributed by atoms with Crippen LogP contribution in [0.2, 0.25) is 0 Å². The lowest BCUT2D eigenvalue weighted by Gasteiger charge is -1.97. The van der Waals surface area contributed by atoms with Gasteiger partial charge >= 0.3 is 0 Å². The first-order valence-corrected chi connectivity index (χ1v) is 3.53. The number of nitrogens with two attached hydrogens (primary N) is 1. The normalized spacial score (nSPS) is 13.2. The van der Waals surface area contributed by atoms with Gasteiger partial charge in [0.1, 0.15) is 5.75 Å². The predicted molar refractivity (Wildman–Crippen MR) is 54.3 cm³/mol. The molecular weight excluding hydrogens is 218 g/mol. The summed E-state index contributed by atoms with van der Waals surface area (Å²) in [5.41, 5.74) is 8.72. The third-order valence-electron chi connectivity index (χ3n) is 1.86. The van der Waals surface area contributed by atoms with Crippen LogP contribution in [-0.4, -0.2) is 5.11 Å². The van der Waals surface area contributed by atoms with Gasteiger partial charge in [-0.15, -0.1) is 17.0 Å². The van der Waals surface area contributed by atoms with Crippen molar-refractivity contribution in [3.05, 3.63) is 35.0 Å². The van der Waals surface area contributed by atoms with Crippen LogP contribution in [0.15, 0.2) is 23.9 Å². The zero-order chi connectivity index (χ0) is 7.84. The molecule has 0 saturated heterocycles. The summed E-state index contributed by atoms with van der Waals surface area (Å²) in [5.74, 6) is 0.301. The summed E-state index contributed by atoms with van der Waals surface area (Å²) >= 11 is 0. The minimum atomic E-state index is 0. The minimum Gasteiger partial charge on any atom is -0.508 e. The zero-order valence-electron chi connectivity index (χ0n) is 6.45. The lowest BCUT2D eigenvalue weighted by atomic mass is 10.1. The van der Waals surface area contributed by atoms with E-state index < -0.39 is 0 Å². The van der Waals surface area contributed by atoms with E-state index in [1.807, 2.05) is 12.1 Å². The second-order valence-corrected chi connectivity index (χ2v) is 2.78. The van der Waals surface area contributed by atoms with Crippen molar-refractivity contribution >= 4 is 23.1 Å². The average Bonchev–Trinajstić information content (AvgIpc) is 2.27. The second-order valence-electron chi connectivity index (χ2n) is 2.78. The van der Waals surface area contributed by atoms with Crippen LogP contribution < -0.4 is 5.73 Å². The largest absolute Gasteiger partial charge is 0.508 e. The van der Waals surface area contributed by atoms with Crippen LogP contribution in [0, 0.1) is 0 Å². The summed E-state index contributed by atoms with van der Waals surface area (Å²) in [6, 6.07) is 5.32. The van der Waals surface area contributed by atoms with Crippen LogP contribution in [-0.2, 0) is 6.42 Å². The van der Waals surface area contributed by atoms with Gasteiger partial charge in [-0.05, 0) is 29.3 Å². The molecule has 0 atom stereocenters. The molecular formula is C9H10BrNO. The first kappa shape index (κ1) is 9.13. The molecule has 12 heavy (non-hydrogen) atoms. The number of hydrogen-bond donors (Lipinski definition) is 2. The summed E-state index contributed by atoms with van der Waals surface area (Å²) in [4.78, 5) is 0. The topological polar surface area (TPSA) is 46.2 Å². The van der Waals surface area contributed by atoms with Crippen molar-refractivity contribution in [2.24, 2.45) is 5.73 Å². The van der Waals surface area contributed by atoms with E-state index in [9.17, 15) is 0 Å². The Bertz CT molecular complexity index is 333. The van der Waals surface area contributed by atoms with E-state index >= 15 is 0 Å². The predicted octanol–water partition coefficient (Wildman–Crippen LogP) is 1.83. The average molecular weight is 228 g/mol. The van der Waals surface area contributed by atoms with E-state index in [-0.39, 0.29) is 17.0 Å². The fourth-order valence-electron chi connectivity index (χ4n) is 1.35. The van der Waals surface area contributed by atoms with Gasteiger partial charge in [-0.3, -0.25) is 0 Å². The number of rotatable bonds is 0. The molecule has 0 amide bonds. The van der Waals surface area contributed by atoms with Gasteiger partial charge in [0, 0.05) is 12.1 Å². The molecule has 0 bridgehead atoms. The summed E-state index contributed by atoms with van der Waals surface area (Å²) in [7, 11) is 0. The first-order valence-electron chi connectivity index (χ1n) is 3.53. The maximum Gasteiger partial charge on any atom is 0.116 e. The van der Waals surface area contributed by atoms with Crippen molar-refractivity contribution < 1.29 is 5.11 Å². The van der Waals surface area contributed by atoms with Crippen LogP contribution in [0.5, 0.6) is 5.75 Å². The van der Waals surface area contributed by atoms with Gasteiger partial charge in [-0.1, -0.05) is 6.07 Å². The van der Waals surface area contributed by atoms with Crippen molar-refractivity contribution in [2.45, 2.75) is 6.42 Å². The van der Waals surface area contributed by atoms with E-state index in [1.165, 1.54) is 5.56 Å². The molecule has 3 N–H and O–H groups in total. The van der Waals surface area contributed by atoms with E-state index in [2.05, 4.69) is 0 Å². The molecule has 0 saturated carbocycles. The van der Waals surface area contributed by atoms with E-state index in [4.69, 9.17) is 10.8 Å². The molecule has 0 fully saturated rings. The van der Waals surface area contributed by atoms with Crippen molar-refractivity contribution in [2.75, 3.05) is 0 Å².